The van der Waals surface area contributed by atoms with Gasteiger partial charge in [0.2, 0.25) is 10.0 Å². The van der Waals surface area contributed by atoms with E-state index in [0.717, 1.165) is 11.4 Å². The molecule has 0 bridgehead atoms. The fourth-order valence-corrected chi connectivity index (χ4v) is 4.72. The molecule has 9 heteroatoms. The quantitative estimate of drug-likeness (QED) is 0.840. The molecule has 1 amide bonds. The Hall–Kier alpha value is -2.13. The zero-order valence-electron chi connectivity index (χ0n) is 14.7. The lowest BCUT2D eigenvalue weighted by molar-refractivity contribution is 0.0951. The van der Waals surface area contributed by atoms with Crippen LogP contribution in [0.15, 0.2) is 18.3 Å². The van der Waals surface area contributed by atoms with Gasteiger partial charge in [0.25, 0.3) is 5.91 Å². The van der Waals surface area contributed by atoms with Crippen molar-refractivity contribution in [3.8, 4) is 5.82 Å². The first-order chi connectivity index (χ1) is 11.8. The zero-order chi connectivity index (χ0) is 18.2. The molecular formula is C16H23N5O3S. The van der Waals surface area contributed by atoms with Crippen LogP contribution in [0, 0.1) is 13.8 Å². The van der Waals surface area contributed by atoms with Crippen molar-refractivity contribution in [2.75, 3.05) is 25.4 Å². The van der Waals surface area contributed by atoms with Crippen molar-refractivity contribution in [1.82, 2.24) is 24.0 Å². The molecule has 1 aliphatic rings. The summed E-state index contributed by atoms with van der Waals surface area (Å²) in [5.74, 6) is 0.637. The summed E-state index contributed by atoms with van der Waals surface area (Å²) in [5.41, 5.74) is 2.49. The van der Waals surface area contributed by atoms with Crippen molar-refractivity contribution < 1.29 is 13.2 Å². The summed E-state index contributed by atoms with van der Waals surface area (Å²) < 4.78 is 28.7. The van der Waals surface area contributed by atoms with Crippen LogP contribution in [0.2, 0.25) is 0 Å². The molecule has 2 aromatic heterocycles. The largest absolute Gasteiger partial charge is 0.351 e. The van der Waals surface area contributed by atoms with Crippen LogP contribution in [0.5, 0.6) is 0 Å². The van der Waals surface area contributed by atoms with Crippen molar-refractivity contribution in [3.63, 3.8) is 0 Å². The molecule has 0 spiro atoms. The molecule has 0 aromatic carbocycles. The normalized spacial score (nSPS) is 17.1. The van der Waals surface area contributed by atoms with Crippen LogP contribution in [0.4, 0.5) is 0 Å². The van der Waals surface area contributed by atoms with E-state index in [0.29, 0.717) is 30.9 Å². The first kappa shape index (κ1) is 17.7. The summed E-state index contributed by atoms with van der Waals surface area (Å²) in [4.78, 5) is 12.6. The second-order valence-corrected chi connectivity index (χ2v) is 8.37. The summed E-state index contributed by atoms with van der Waals surface area (Å²) in [6.07, 6.45) is 2.19. The van der Waals surface area contributed by atoms with E-state index < -0.39 is 10.0 Å². The summed E-state index contributed by atoms with van der Waals surface area (Å²) in [6.45, 7) is 5.04. The summed E-state index contributed by atoms with van der Waals surface area (Å²) in [6, 6.07) is 3.98. The predicted molar refractivity (Wildman–Crippen MR) is 94.3 cm³/mol. The molecule has 1 fully saturated rings. The van der Waals surface area contributed by atoms with Gasteiger partial charge in [0.05, 0.1) is 11.9 Å². The standard InChI is InChI=1S/C16H23N5O3S/c1-12-5-6-13(2)21(12)16-14(11-18-19(16)3)15(22)17-7-9-20-8-4-10-25(20,23)24/h5-6,11H,4,7-10H2,1-3H3,(H,17,22). The van der Waals surface area contributed by atoms with E-state index in [-0.39, 0.29) is 18.2 Å². The predicted octanol–water partition coefficient (Wildman–Crippen LogP) is 0.593. The molecule has 0 atom stereocenters. The molecule has 0 saturated carbocycles. The number of aryl methyl sites for hydroxylation is 3. The Bertz CT molecular complexity index is 878. The highest BCUT2D eigenvalue weighted by atomic mass is 32.2. The van der Waals surface area contributed by atoms with Gasteiger partial charge in [-0.15, -0.1) is 0 Å². The van der Waals surface area contributed by atoms with Gasteiger partial charge in [0, 0.05) is 38.1 Å². The maximum atomic E-state index is 12.6. The maximum absolute atomic E-state index is 12.6. The van der Waals surface area contributed by atoms with Crippen LogP contribution in [0.3, 0.4) is 0 Å². The summed E-state index contributed by atoms with van der Waals surface area (Å²) >= 11 is 0. The van der Waals surface area contributed by atoms with Gasteiger partial charge in [-0.3, -0.25) is 9.48 Å². The van der Waals surface area contributed by atoms with Crippen molar-refractivity contribution in [3.05, 3.63) is 35.3 Å². The van der Waals surface area contributed by atoms with Crippen LogP contribution < -0.4 is 5.32 Å². The minimum atomic E-state index is -3.14. The van der Waals surface area contributed by atoms with Gasteiger partial charge in [-0.25, -0.2) is 12.7 Å². The van der Waals surface area contributed by atoms with E-state index in [2.05, 4.69) is 10.4 Å². The Morgan fingerprint density at radius 1 is 1.28 bits per heavy atom. The number of amides is 1. The summed E-state index contributed by atoms with van der Waals surface area (Å²) in [5, 5.41) is 7.02. The zero-order valence-corrected chi connectivity index (χ0v) is 15.5. The Morgan fingerprint density at radius 3 is 2.56 bits per heavy atom. The van der Waals surface area contributed by atoms with E-state index in [4.69, 9.17) is 0 Å². The number of hydrogen-bond donors (Lipinski definition) is 1. The van der Waals surface area contributed by atoms with Crippen LogP contribution in [0.25, 0.3) is 5.82 Å². The van der Waals surface area contributed by atoms with Crippen LogP contribution in [0.1, 0.15) is 28.2 Å². The molecule has 0 radical (unpaired) electrons. The molecule has 25 heavy (non-hydrogen) atoms. The Kier molecular flexibility index (Phi) is 4.70. The molecule has 0 unspecified atom stereocenters. The number of carbonyl (C=O) groups is 1. The van der Waals surface area contributed by atoms with E-state index in [1.54, 1.807) is 11.7 Å². The molecule has 1 N–H and O–H groups in total. The van der Waals surface area contributed by atoms with Crippen molar-refractivity contribution in [1.29, 1.82) is 0 Å². The van der Waals surface area contributed by atoms with Gasteiger partial charge in [0.15, 0.2) is 0 Å². The number of nitrogens with zero attached hydrogens (tertiary/aromatic N) is 4. The Balaban J connectivity index is 1.74. The Morgan fingerprint density at radius 2 is 1.96 bits per heavy atom. The SMILES string of the molecule is Cc1ccc(C)n1-c1c(C(=O)NCCN2CCCS2(=O)=O)cnn1C. The molecule has 1 aliphatic heterocycles. The molecule has 1 saturated heterocycles. The smallest absolute Gasteiger partial charge is 0.256 e. The third-order valence-electron chi connectivity index (χ3n) is 4.49. The minimum Gasteiger partial charge on any atom is -0.351 e. The van der Waals surface area contributed by atoms with Crippen molar-refractivity contribution >= 4 is 15.9 Å². The van der Waals surface area contributed by atoms with Crippen LogP contribution in [-0.2, 0) is 17.1 Å². The second kappa shape index (κ2) is 6.64. The highest BCUT2D eigenvalue weighted by Crippen LogP contribution is 2.19. The molecule has 136 valence electrons. The van der Waals surface area contributed by atoms with Gasteiger partial charge in [-0.2, -0.15) is 5.10 Å². The number of rotatable bonds is 5. The lowest BCUT2D eigenvalue weighted by atomic mass is 10.3. The van der Waals surface area contributed by atoms with Gasteiger partial charge >= 0.3 is 0 Å². The highest BCUT2D eigenvalue weighted by molar-refractivity contribution is 7.89. The minimum absolute atomic E-state index is 0.194. The van der Waals surface area contributed by atoms with Crippen molar-refractivity contribution in [2.45, 2.75) is 20.3 Å². The van der Waals surface area contributed by atoms with Crippen LogP contribution >= 0.6 is 0 Å². The van der Waals surface area contributed by atoms with Gasteiger partial charge in [0.1, 0.15) is 11.4 Å². The topological polar surface area (TPSA) is 89.2 Å². The molecule has 3 heterocycles. The van der Waals surface area contributed by atoms with Gasteiger partial charge in [-0.05, 0) is 32.4 Å². The molecular weight excluding hydrogens is 342 g/mol. The fourth-order valence-electron chi connectivity index (χ4n) is 3.19. The maximum Gasteiger partial charge on any atom is 0.256 e. The lowest BCUT2D eigenvalue weighted by Gasteiger charge is -2.15. The fraction of sp³-hybridized carbons (Fsp3) is 0.500. The average molecular weight is 365 g/mol. The van der Waals surface area contributed by atoms with E-state index in [9.17, 15) is 13.2 Å². The third kappa shape index (κ3) is 3.34. The van der Waals surface area contributed by atoms with Gasteiger partial charge in [-0.1, -0.05) is 0 Å². The average Bonchev–Trinajstić information content (AvgIpc) is 3.18. The summed E-state index contributed by atoms with van der Waals surface area (Å²) in [7, 11) is -1.35. The first-order valence-corrected chi connectivity index (χ1v) is 9.85. The number of nitrogens with one attached hydrogen (secondary N) is 1. The number of sulfonamides is 1. The van der Waals surface area contributed by atoms with E-state index in [1.165, 1.54) is 10.5 Å². The number of aromatic nitrogens is 3. The highest BCUT2D eigenvalue weighted by Gasteiger charge is 2.28. The molecule has 8 nitrogen and oxygen atoms in total. The van der Waals surface area contributed by atoms with Crippen LogP contribution in [-0.4, -0.2) is 58.4 Å². The molecule has 2 aromatic rings. The lowest BCUT2D eigenvalue weighted by Crippen LogP contribution is -2.36. The monoisotopic (exact) mass is 365 g/mol. The van der Waals surface area contributed by atoms with Crippen molar-refractivity contribution in [2.24, 2.45) is 7.05 Å². The number of carbonyl (C=O) groups excluding carboxylic acids is 1. The number of hydrogen-bond acceptors (Lipinski definition) is 4. The third-order valence-corrected chi connectivity index (χ3v) is 6.44. The second-order valence-electron chi connectivity index (χ2n) is 6.28. The van der Waals surface area contributed by atoms with Gasteiger partial charge < -0.3 is 9.88 Å². The molecule has 3 rings (SSSR count). The Labute approximate surface area is 147 Å². The first-order valence-electron chi connectivity index (χ1n) is 8.24. The van der Waals surface area contributed by atoms with E-state index in [1.807, 2.05) is 30.5 Å². The van der Waals surface area contributed by atoms with E-state index >= 15 is 0 Å². The molecule has 0 aliphatic carbocycles.